The molecule has 1 aromatic heterocycles. The van der Waals surface area contributed by atoms with Crippen LogP contribution in [0.15, 0.2) is 67.0 Å². The van der Waals surface area contributed by atoms with E-state index < -0.39 is 17.6 Å². The number of nitrogens with zero attached hydrogens (tertiary/aromatic N) is 2. The highest BCUT2D eigenvalue weighted by atomic mass is 19.4. The van der Waals surface area contributed by atoms with Crippen molar-refractivity contribution in [3.63, 3.8) is 0 Å². The van der Waals surface area contributed by atoms with Crippen molar-refractivity contribution in [1.82, 2.24) is 4.98 Å². The van der Waals surface area contributed by atoms with Crippen molar-refractivity contribution >= 4 is 17.3 Å². The van der Waals surface area contributed by atoms with Gasteiger partial charge in [0, 0.05) is 36.5 Å². The molecule has 4 rings (SSSR count). The number of pyridine rings is 1. The minimum atomic E-state index is -4.46. The van der Waals surface area contributed by atoms with Crippen molar-refractivity contribution in [2.75, 3.05) is 23.3 Å². The molecular formula is C24H22F3N3O. The fourth-order valence-electron chi connectivity index (χ4n) is 3.99. The maximum Gasteiger partial charge on any atom is 0.416 e. The molecule has 2 aromatic carbocycles. The number of anilines is 2. The first-order valence-electron chi connectivity index (χ1n) is 10.1. The molecule has 160 valence electrons. The van der Waals surface area contributed by atoms with Crippen LogP contribution in [0.1, 0.15) is 39.4 Å². The molecule has 1 atom stereocenters. The summed E-state index contributed by atoms with van der Waals surface area (Å²) in [6, 6.07) is 14.0. The van der Waals surface area contributed by atoms with Gasteiger partial charge in [0.25, 0.3) is 5.91 Å². The Morgan fingerprint density at radius 2 is 1.97 bits per heavy atom. The van der Waals surface area contributed by atoms with Crippen molar-refractivity contribution in [1.29, 1.82) is 0 Å². The summed E-state index contributed by atoms with van der Waals surface area (Å²) < 4.78 is 38.8. The van der Waals surface area contributed by atoms with E-state index in [0.29, 0.717) is 5.56 Å². The Bertz CT molecular complexity index is 1080. The fraction of sp³-hybridized carbons (Fsp3) is 0.250. The van der Waals surface area contributed by atoms with Crippen LogP contribution < -0.4 is 10.2 Å². The lowest BCUT2D eigenvalue weighted by molar-refractivity contribution is -0.137. The Balaban J connectivity index is 1.51. The Morgan fingerprint density at radius 1 is 1.13 bits per heavy atom. The van der Waals surface area contributed by atoms with E-state index in [2.05, 4.69) is 15.2 Å². The third-order valence-electron chi connectivity index (χ3n) is 5.63. The molecular weight excluding hydrogens is 403 g/mol. The van der Waals surface area contributed by atoms with Gasteiger partial charge < -0.3 is 10.2 Å². The van der Waals surface area contributed by atoms with Gasteiger partial charge in [-0.15, -0.1) is 0 Å². The van der Waals surface area contributed by atoms with E-state index in [0.717, 1.165) is 48.5 Å². The van der Waals surface area contributed by atoms with Gasteiger partial charge in [0.05, 0.1) is 17.4 Å². The van der Waals surface area contributed by atoms with Crippen LogP contribution in [0.5, 0.6) is 0 Å². The summed E-state index contributed by atoms with van der Waals surface area (Å²) in [4.78, 5) is 19.2. The van der Waals surface area contributed by atoms with Gasteiger partial charge in [-0.25, -0.2) is 0 Å². The molecule has 0 aliphatic carbocycles. The molecule has 0 bridgehead atoms. The highest BCUT2D eigenvalue weighted by Gasteiger charge is 2.30. The average molecular weight is 425 g/mol. The summed E-state index contributed by atoms with van der Waals surface area (Å²) in [5.41, 5.74) is 3.00. The number of alkyl halides is 3. The van der Waals surface area contributed by atoms with Gasteiger partial charge in [-0.3, -0.25) is 9.78 Å². The van der Waals surface area contributed by atoms with E-state index in [1.165, 1.54) is 12.1 Å². The minimum absolute atomic E-state index is 0.116. The molecule has 1 unspecified atom stereocenters. The molecule has 3 aromatic rings. The zero-order valence-corrected chi connectivity index (χ0v) is 17.0. The topological polar surface area (TPSA) is 45.2 Å². The maximum absolute atomic E-state index is 12.9. The van der Waals surface area contributed by atoms with Gasteiger partial charge >= 0.3 is 6.18 Å². The zero-order chi connectivity index (χ0) is 22.0. The van der Waals surface area contributed by atoms with Gasteiger partial charge in [0.2, 0.25) is 0 Å². The van der Waals surface area contributed by atoms with Crippen LogP contribution in [0.4, 0.5) is 24.5 Å². The minimum Gasteiger partial charge on any atom is -0.370 e. The Kier molecular flexibility index (Phi) is 5.67. The molecule has 0 saturated carbocycles. The van der Waals surface area contributed by atoms with Crippen LogP contribution >= 0.6 is 0 Å². The van der Waals surface area contributed by atoms with Gasteiger partial charge in [0.15, 0.2) is 0 Å². The number of amides is 1. The molecule has 1 fully saturated rings. The molecule has 0 spiro atoms. The van der Waals surface area contributed by atoms with Gasteiger partial charge in [0.1, 0.15) is 0 Å². The lowest BCUT2D eigenvalue weighted by Crippen LogP contribution is -2.19. The number of hydrogen-bond donors (Lipinski definition) is 1. The molecule has 1 amide bonds. The molecule has 0 radical (unpaired) electrons. The second kappa shape index (κ2) is 8.41. The fourth-order valence-corrected chi connectivity index (χ4v) is 3.99. The SMILES string of the molecule is Cc1ccc(C(=O)Nc2cccc(C(F)(F)F)c2)cc1C1CCN(c2cccnc2)C1. The van der Waals surface area contributed by atoms with Gasteiger partial charge in [-0.1, -0.05) is 12.1 Å². The number of aromatic nitrogens is 1. The number of halogens is 3. The first kappa shape index (κ1) is 20.9. The molecule has 4 nitrogen and oxygen atoms in total. The number of carbonyl (C=O) groups excluding carboxylic acids is 1. The number of aryl methyl sites for hydroxylation is 1. The number of rotatable bonds is 4. The van der Waals surface area contributed by atoms with Crippen LogP contribution in [0.2, 0.25) is 0 Å². The van der Waals surface area contributed by atoms with E-state index in [1.807, 2.05) is 37.4 Å². The maximum atomic E-state index is 12.9. The smallest absolute Gasteiger partial charge is 0.370 e. The summed E-state index contributed by atoms with van der Waals surface area (Å²) in [6.07, 6.45) is 0.0800. The zero-order valence-electron chi connectivity index (χ0n) is 17.0. The van der Waals surface area contributed by atoms with Gasteiger partial charge in [-0.05, 0) is 66.9 Å². The van der Waals surface area contributed by atoms with Crippen LogP contribution in [0, 0.1) is 6.92 Å². The highest BCUT2D eigenvalue weighted by molar-refractivity contribution is 6.04. The number of hydrogen-bond acceptors (Lipinski definition) is 3. The van der Waals surface area contributed by atoms with Crippen LogP contribution in [-0.4, -0.2) is 24.0 Å². The quantitative estimate of drug-likeness (QED) is 0.587. The molecule has 1 aliphatic heterocycles. The third kappa shape index (κ3) is 4.71. The second-order valence-corrected chi connectivity index (χ2v) is 7.75. The largest absolute Gasteiger partial charge is 0.416 e. The van der Waals surface area contributed by atoms with Crippen LogP contribution in [-0.2, 0) is 6.18 Å². The first-order valence-corrected chi connectivity index (χ1v) is 10.1. The Morgan fingerprint density at radius 3 is 2.71 bits per heavy atom. The van der Waals surface area contributed by atoms with Crippen molar-refractivity contribution in [2.24, 2.45) is 0 Å². The van der Waals surface area contributed by atoms with Crippen molar-refractivity contribution in [3.05, 3.63) is 89.2 Å². The third-order valence-corrected chi connectivity index (χ3v) is 5.63. The van der Waals surface area contributed by atoms with E-state index >= 15 is 0 Å². The Hall–Kier alpha value is -3.35. The summed E-state index contributed by atoms with van der Waals surface area (Å²) >= 11 is 0. The summed E-state index contributed by atoms with van der Waals surface area (Å²) in [5.74, 6) is -0.163. The van der Waals surface area contributed by atoms with E-state index in [9.17, 15) is 18.0 Å². The molecule has 2 heterocycles. The lowest BCUT2D eigenvalue weighted by Gasteiger charge is -2.19. The Labute approximate surface area is 178 Å². The molecule has 7 heteroatoms. The number of nitrogens with one attached hydrogen (secondary N) is 1. The van der Waals surface area contributed by atoms with E-state index in [1.54, 1.807) is 12.3 Å². The van der Waals surface area contributed by atoms with E-state index in [4.69, 9.17) is 0 Å². The van der Waals surface area contributed by atoms with Crippen LogP contribution in [0.3, 0.4) is 0 Å². The van der Waals surface area contributed by atoms with Crippen molar-refractivity contribution in [2.45, 2.75) is 25.4 Å². The van der Waals surface area contributed by atoms with Gasteiger partial charge in [-0.2, -0.15) is 13.2 Å². The normalized spacial score (nSPS) is 16.4. The number of carbonyl (C=O) groups is 1. The summed E-state index contributed by atoms with van der Waals surface area (Å²) in [5, 5.41) is 2.58. The molecule has 1 saturated heterocycles. The monoisotopic (exact) mass is 425 g/mol. The second-order valence-electron chi connectivity index (χ2n) is 7.75. The highest BCUT2D eigenvalue weighted by Crippen LogP contribution is 2.33. The van der Waals surface area contributed by atoms with Crippen molar-refractivity contribution in [3.8, 4) is 0 Å². The molecule has 1 aliphatic rings. The summed E-state index contributed by atoms with van der Waals surface area (Å²) in [6.45, 7) is 3.73. The predicted molar refractivity (Wildman–Crippen MR) is 114 cm³/mol. The lowest BCUT2D eigenvalue weighted by atomic mass is 9.92. The average Bonchev–Trinajstić information content (AvgIpc) is 3.24. The standard InChI is InChI=1S/C24H22F3N3O/c1-16-7-8-17(23(31)29-20-5-2-4-19(13-20)24(25,26)27)12-22(16)18-9-11-30(15-18)21-6-3-10-28-14-21/h2-8,10,12-14,18H,9,11,15H2,1H3,(H,29,31). The predicted octanol–water partition coefficient (Wildman–Crippen LogP) is 5.66. The van der Waals surface area contributed by atoms with E-state index in [-0.39, 0.29) is 11.6 Å². The number of benzene rings is 2. The van der Waals surface area contributed by atoms with Crippen LogP contribution in [0.25, 0.3) is 0 Å². The first-order chi connectivity index (χ1) is 14.8. The van der Waals surface area contributed by atoms with Crippen molar-refractivity contribution < 1.29 is 18.0 Å². The molecule has 1 N–H and O–H groups in total. The summed E-state index contributed by atoms with van der Waals surface area (Å²) in [7, 11) is 0. The molecule has 31 heavy (non-hydrogen) atoms.